The van der Waals surface area contributed by atoms with Gasteiger partial charge in [0.1, 0.15) is 0 Å². The maximum Gasteiger partial charge on any atom is 0.213 e. The van der Waals surface area contributed by atoms with E-state index in [1.807, 2.05) is 12.1 Å². The van der Waals surface area contributed by atoms with Crippen LogP contribution in [-0.2, 0) is 6.54 Å². The SMILES string of the molecule is CCN(Cc1cccc(OC)n1)C1CNC1. The molecule has 0 atom stereocenters. The highest BCUT2D eigenvalue weighted by Crippen LogP contribution is 2.12. The Labute approximate surface area is 96.6 Å². The molecule has 0 radical (unpaired) electrons. The van der Waals surface area contributed by atoms with Crippen LogP contribution in [0.3, 0.4) is 0 Å². The first-order valence-electron chi connectivity index (χ1n) is 5.78. The first-order valence-corrected chi connectivity index (χ1v) is 5.78. The topological polar surface area (TPSA) is 37.4 Å². The van der Waals surface area contributed by atoms with Gasteiger partial charge in [-0.25, -0.2) is 4.98 Å². The molecule has 0 aliphatic carbocycles. The van der Waals surface area contributed by atoms with Crippen LogP contribution in [0.25, 0.3) is 0 Å². The lowest BCUT2D eigenvalue weighted by molar-refractivity contribution is 0.143. The minimum Gasteiger partial charge on any atom is -0.481 e. The lowest BCUT2D eigenvalue weighted by atomic mass is 10.1. The first kappa shape index (κ1) is 11.4. The number of likely N-dealkylation sites (N-methyl/N-ethyl adjacent to an activating group) is 1. The number of rotatable bonds is 5. The smallest absolute Gasteiger partial charge is 0.213 e. The van der Waals surface area contributed by atoms with Crippen LogP contribution in [0, 0.1) is 0 Å². The van der Waals surface area contributed by atoms with Gasteiger partial charge in [-0.1, -0.05) is 13.0 Å². The van der Waals surface area contributed by atoms with E-state index in [2.05, 4.69) is 28.2 Å². The number of nitrogens with zero attached hydrogens (tertiary/aromatic N) is 2. The molecule has 1 aliphatic heterocycles. The highest BCUT2D eigenvalue weighted by molar-refractivity contribution is 5.15. The average molecular weight is 221 g/mol. The monoisotopic (exact) mass is 221 g/mol. The van der Waals surface area contributed by atoms with Gasteiger partial charge in [-0.05, 0) is 12.6 Å². The van der Waals surface area contributed by atoms with Crippen LogP contribution in [-0.4, -0.2) is 42.7 Å². The van der Waals surface area contributed by atoms with Crippen LogP contribution in [0.15, 0.2) is 18.2 Å². The minimum absolute atomic E-state index is 0.665. The van der Waals surface area contributed by atoms with Crippen molar-refractivity contribution in [2.45, 2.75) is 19.5 Å². The zero-order valence-electron chi connectivity index (χ0n) is 9.94. The Hall–Kier alpha value is -1.13. The fourth-order valence-corrected chi connectivity index (χ4v) is 1.90. The molecule has 1 fully saturated rings. The van der Waals surface area contributed by atoms with Crippen molar-refractivity contribution in [3.8, 4) is 5.88 Å². The number of aromatic nitrogens is 1. The average Bonchev–Trinajstić information content (AvgIpc) is 2.26. The Kier molecular flexibility index (Phi) is 3.74. The molecule has 1 aromatic heterocycles. The number of pyridine rings is 1. The van der Waals surface area contributed by atoms with E-state index in [9.17, 15) is 0 Å². The van der Waals surface area contributed by atoms with E-state index in [0.29, 0.717) is 11.9 Å². The minimum atomic E-state index is 0.665. The van der Waals surface area contributed by atoms with Crippen molar-refractivity contribution >= 4 is 0 Å². The summed E-state index contributed by atoms with van der Waals surface area (Å²) in [5.41, 5.74) is 1.08. The molecule has 88 valence electrons. The highest BCUT2D eigenvalue weighted by atomic mass is 16.5. The molecule has 0 amide bonds. The van der Waals surface area contributed by atoms with Crippen LogP contribution in [0.1, 0.15) is 12.6 Å². The standard InChI is InChI=1S/C12H19N3O/c1-3-15(11-7-13-8-11)9-10-5-4-6-12(14-10)16-2/h4-6,11,13H,3,7-9H2,1-2H3. The molecule has 0 saturated carbocycles. The number of ether oxygens (including phenoxy) is 1. The molecule has 16 heavy (non-hydrogen) atoms. The Bertz CT molecular complexity index is 339. The summed E-state index contributed by atoms with van der Waals surface area (Å²) in [6, 6.07) is 6.59. The highest BCUT2D eigenvalue weighted by Gasteiger charge is 2.23. The molecule has 1 aliphatic rings. The van der Waals surface area contributed by atoms with Gasteiger partial charge in [0.15, 0.2) is 0 Å². The fraction of sp³-hybridized carbons (Fsp3) is 0.583. The van der Waals surface area contributed by atoms with Crippen molar-refractivity contribution in [3.63, 3.8) is 0 Å². The predicted molar refractivity (Wildman–Crippen MR) is 63.5 cm³/mol. The molecular formula is C12H19N3O. The van der Waals surface area contributed by atoms with Gasteiger partial charge >= 0.3 is 0 Å². The Morgan fingerprint density at radius 2 is 2.31 bits per heavy atom. The summed E-state index contributed by atoms with van der Waals surface area (Å²) in [6.07, 6.45) is 0. The van der Waals surface area contributed by atoms with E-state index < -0.39 is 0 Å². The van der Waals surface area contributed by atoms with Crippen molar-refractivity contribution in [2.24, 2.45) is 0 Å². The van der Waals surface area contributed by atoms with Gasteiger partial charge in [0.2, 0.25) is 5.88 Å². The van der Waals surface area contributed by atoms with Crippen molar-refractivity contribution in [1.82, 2.24) is 15.2 Å². The Morgan fingerprint density at radius 1 is 1.50 bits per heavy atom. The van der Waals surface area contributed by atoms with Crippen molar-refractivity contribution in [2.75, 3.05) is 26.7 Å². The van der Waals surface area contributed by atoms with E-state index in [0.717, 1.165) is 31.9 Å². The third kappa shape index (κ3) is 2.51. The second-order valence-electron chi connectivity index (χ2n) is 4.05. The predicted octanol–water partition coefficient (Wildman–Crippen LogP) is 0.884. The maximum absolute atomic E-state index is 5.13. The van der Waals surface area contributed by atoms with Gasteiger partial charge in [-0.15, -0.1) is 0 Å². The van der Waals surface area contributed by atoms with Crippen LogP contribution >= 0.6 is 0 Å². The molecule has 1 aromatic rings. The van der Waals surface area contributed by atoms with Gasteiger partial charge < -0.3 is 10.1 Å². The summed E-state index contributed by atoms with van der Waals surface area (Å²) >= 11 is 0. The van der Waals surface area contributed by atoms with Gasteiger partial charge in [0.05, 0.1) is 12.8 Å². The van der Waals surface area contributed by atoms with Crippen molar-refractivity contribution in [3.05, 3.63) is 23.9 Å². The summed E-state index contributed by atoms with van der Waals surface area (Å²) < 4.78 is 5.13. The van der Waals surface area contributed by atoms with E-state index in [4.69, 9.17) is 4.74 Å². The molecule has 0 aromatic carbocycles. The molecule has 0 spiro atoms. The van der Waals surface area contributed by atoms with Crippen molar-refractivity contribution < 1.29 is 4.74 Å². The Balaban J connectivity index is 2.00. The van der Waals surface area contributed by atoms with Crippen LogP contribution < -0.4 is 10.1 Å². The molecule has 2 rings (SSSR count). The van der Waals surface area contributed by atoms with E-state index in [1.54, 1.807) is 7.11 Å². The molecular weight excluding hydrogens is 202 g/mol. The fourth-order valence-electron chi connectivity index (χ4n) is 1.90. The van der Waals surface area contributed by atoms with Gasteiger partial charge in [0, 0.05) is 31.7 Å². The lowest BCUT2D eigenvalue weighted by Crippen LogP contribution is -2.56. The summed E-state index contributed by atoms with van der Waals surface area (Å²) in [7, 11) is 1.65. The first-order chi connectivity index (χ1) is 7.83. The van der Waals surface area contributed by atoms with Crippen molar-refractivity contribution in [1.29, 1.82) is 0 Å². The number of nitrogens with one attached hydrogen (secondary N) is 1. The second-order valence-corrected chi connectivity index (χ2v) is 4.05. The molecule has 1 saturated heterocycles. The largest absolute Gasteiger partial charge is 0.481 e. The van der Waals surface area contributed by atoms with Gasteiger partial charge in [0.25, 0.3) is 0 Å². The summed E-state index contributed by atoms with van der Waals surface area (Å²) in [5, 5.41) is 3.30. The molecule has 1 N–H and O–H groups in total. The summed E-state index contributed by atoms with van der Waals surface area (Å²) in [4.78, 5) is 6.88. The zero-order chi connectivity index (χ0) is 11.4. The van der Waals surface area contributed by atoms with E-state index in [-0.39, 0.29) is 0 Å². The van der Waals surface area contributed by atoms with Crippen LogP contribution in [0.5, 0.6) is 5.88 Å². The maximum atomic E-state index is 5.13. The Morgan fingerprint density at radius 3 is 2.88 bits per heavy atom. The number of hydrogen-bond acceptors (Lipinski definition) is 4. The van der Waals surface area contributed by atoms with E-state index >= 15 is 0 Å². The summed E-state index contributed by atoms with van der Waals surface area (Å²) in [5.74, 6) is 0.695. The third-order valence-electron chi connectivity index (χ3n) is 3.04. The van der Waals surface area contributed by atoms with Gasteiger partial charge in [-0.3, -0.25) is 4.90 Å². The van der Waals surface area contributed by atoms with Gasteiger partial charge in [-0.2, -0.15) is 0 Å². The third-order valence-corrected chi connectivity index (χ3v) is 3.04. The summed E-state index contributed by atoms with van der Waals surface area (Å²) in [6.45, 7) is 6.35. The quantitative estimate of drug-likeness (QED) is 0.801. The zero-order valence-corrected chi connectivity index (χ0v) is 9.94. The molecule has 0 unspecified atom stereocenters. The van der Waals surface area contributed by atoms with E-state index in [1.165, 1.54) is 0 Å². The number of methoxy groups -OCH3 is 1. The normalized spacial score (nSPS) is 16.2. The molecule has 4 heteroatoms. The second kappa shape index (κ2) is 5.27. The molecule has 4 nitrogen and oxygen atoms in total. The lowest BCUT2D eigenvalue weighted by Gasteiger charge is -2.37. The van der Waals surface area contributed by atoms with Crippen LogP contribution in [0.2, 0.25) is 0 Å². The van der Waals surface area contributed by atoms with Crippen LogP contribution in [0.4, 0.5) is 0 Å². The molecule has 0 bridgehead atoms. The number of hydrogen-bond donors (Lipinski definition) is 1. The molecule has 2 heterocycles.